The molecular formula is C18H36NO4Rb. The Hall–Kier alpha value is 0.705. The van der Waals surface area contributed by atoms with E-state index in [9.17, 15) is 14.7 Å². The van der Waals surface area contributed by atoms with Crippen LogP contribution in [0, 0.1) is 16.2 Å². The molecule has 5 nitrogen and oxygen atoms in total. The first kappa shape index (κ1) is 29.5. The Kier molecular flexibility index (Phi) is 15.9. The Morgan fingerprint density at radius 2 is 1.38 bits per heavy atom. The van der Waals surface area contributed by atoms with E-state index in [2.05, 4.69) is 5.32 Å². The van der Waals surface area contributed by atoms with Gasteiger partial charge in [0.2, 0.25) is 0 Å². The summed E-state index contributed by atoms with van der Waals surface area (Å²) in [5, 5.41) is 14.1. The van der Waals surface area contributed by atoms with Crippen molar-refractivity contribution in [2.75, 3.05) is 20.2 Å². The third-order valence-electron chi connectivity index (χ3n) is 4.79. The second-order valence-electron chi connectivity index (χ2n) is 7.42. The van der Waals surface area contributed by atoms with E-state index in [-0.39, 0.29) is 69.6 Å². The SMILES string of the molecule is CC.COC(=O)C(C)(C)C(C)(C)CCNCCC(C)(C)C(=O)[O-].[Rb+]. The quantitative estimate of drug-likeness (QED) is 0.401. The fourth-order valence-electron chi connectivity index (χ4n) is 1.87. The first-order valence-electron chi connectivity index (χ1n) is 8.39. The predicted molar refractivity (Wildman–Crippen MR) is 91.8 cm³/mol. The van der Waals surface area contributed by atoms with Crippen molar-refractivity contribution < 1.29 is 77.6 Å². The molecule has 0 unspecified atom stereocenters. The van der Waals surface area contributed by atoms with Gasteiger partial charge in [0, 0.05) is 11.4 Å². The number of carboxylic acids is 1. The fraction of sp³-hybridized carbons (Fsp3) is 0.889. The fourth-order valence-corrected chi connectivity index (χ4v) is 1.87. The molecule has 0 aromatic carbocycles. The molecule has 0 aromatic rings. The van der Waals surface area contributed by atoms with Crippen LogP contribution in [-0.2, 0) is 14.3 Å². The summed E-state index contributed by atoms with van der Waals surface area (Å²) < 4.78 is 4.87. The zero-order valence-electron chi connectivity index (χ0n) is 17.5. The summed E-state index contributed by atoms with van der Waals surface area (Å²) in [5.74, 6) is -1.25. The molecule has 0 atom stereocenters. The minimum Gasteiger partial charge on any atom is -0.550 e. The minimum absolute atomic E-state index is 0. The van der Waals surface area contributed by atoms with Crippen molar-refractivity contribution in [2.45, 2.75) is 68.2 Å². The summed E-state index contributed by atoms with van der Waals surface area (Å²) in [7, 11) is 1.40. The number of nitrogens with one attached hydrogen (secondary N) is 1. The molecule has 138 valence electrons. The summed E-state index contributed by atoms with van der Waals surface area (Å²) in [5.41, 5.74) is -1.63. The minimum atomic E-state index is -1.03. The Balaban J connectivity index is -0.00000141. The molecule has 0 amide bonds. The van der Waals surface area contributed by atoms with Crippen molar-refractivity contribution in [2.24, 2.45) is 16.2 Å². The number of methoxy groups -OCH3 is 1. The Labute approximate surface area is 197 Å². The average molecular weight is 416 g/mol. The van der Waals surface area contributed by atoms with Crippen LogP contribution in [0.3, 0.4) is 0 Å². The van der Waals surface area contributed by atoms with E-state index in [0.717, 1.165) is 13.0 Å². The van der Waals surface area contributed by atoms with Crippen LogP contribution in [0.15, 0.2) is 0 Å². The second kappa shape index (κ2) is 13.0. The van der Waals surface area contributed by atoms with Gasteiger partial charge in [0.05, 0.1) is 12.5 Å². The van der Waals surface area contributed by atoms with E-state index < -0.39 is 16.8 Å². The molecule has 24 heavy (non-hydrogen) atoms. The normalized spacial score (nSPS) is 11.7. The molecule has 0 aromatic heterocycles. The van der Waals surface area contributed by atoms with Gasteiger partial charge in [-0.05, 0) is 45.2 Å². The van der Waals surface area contributed by atoms with Crippen LogP contribution >= 0.6 is 0 Å². The molecule has 0 heterocycles. The van der Waals surface area contributed by atoms with Gasteiger partial charge in [0.1, 0.15) is 0 Å². The van der Waals surface area contributed by atoms with Gasteiger partial charge in [0.15, 0.2) is 0 Å². The van der Waals surface area contributed by atoms with Gasteiger partial charge in [0.25, 0.3) is 0 Å². The molecule has 0 spiro atoms. The molecule has 0 aliphatic heterocycles. The molecule has 0 rings (SSSR count). The number of ether oxygens (including phenoxy) is 1. The molecule has 0 aliphatic rings. The maximum absolute atomic E-state index is 11.9. The van der Waals surface area contributed by atoms with Crippen LogP contribution in [0.4, 0.5) is 0 Å². The molecule has 0 saturated heterocycles. The molecule has 0 bridgehead atoms. The number of carbonyl (C=O) groups is 2. The molecule has 1 N–H and O–H groups in total. The monoisotopic (exact) mass is 415 g/mol. The summed E-state index contributed by atoms with van der Waals surface area (Å²) in [4.78, 5) is 22.8. The van der Waals surface area contributed by atoms with Gasteiger partial charge in [-0.1, -0.05) is 41.5 Å². The van der Waals surface area contributed by atoms with Crippen LogP contribution in [0.5, 0.6) is 0 Å². The van der Waals surface area contributed by atoms with E-state index in [1.54, 1.807) is 13.8 Å². The van der Waals surface area contributed by atoms with Crippen LogP contribution in [0.2, 0.25) is 0 Å². The van der Waals surface area contributed by atoms with Gasteiger partial charge in [-0.3, -0.25) is 4.79 Å². The van der Waals surface area contributed by atoms with Crippen LogP contribution in [-0.4, -0.2) is 32.1 Å². The summed E-state index contributed by atoms with van der Waals surface area (Å²) in [6.07, 6.45) is 1.30. The van der Waals surface area contributed by atoms with Crippen molar-refractivity contribution in [3.8, 4) is 0 Å². The Morgan fingerprint density at radius 1 is 0.958 bits per heavy atom. The van der Waals surface area contributed by atoms with Gasteiger partial charge in [-0.25, -0.2) is 0 Å². The van der Waals surface area contributed by atoms with Crippen molar-refractivity contribution in [1.82, 2.24) is 5.32 Å². The van der Waals surface area contributed by atoms with Crippen LogP contribution in [0.1, 0.15) is 68.2 Å². The standard InChI is InChI=1S/C16H31NO4.C2H6.Rb/c1-14(2,12(18)19)8-10-17-11-9-15(3,4)16(5,6)13(20)21-7;1-2;/h17H,8-11H2,1-7H3,(H,18,19);1-2H3;/q;;+1/p-1. The molecule has 6 heteroatoms. The number of hydrogen-bond donors (Lipinski definition) is 1. The van der Waals surface area contributed by atoms with Crippen LogP contribution in [0.25, 0.3) is 0 Å². The maximum Gasteiger partial charge on any atom is 1.00 e. The van der Waals surface area contributed by atoms with Crippen molar-refractivity contribution in [1.29, 1.82) is 0 Å². The average Bonchev–Trinajstić information content (AvgIpc) is 2.47. The summed E-state index contributed by atoms with van der Waals surface area (Å²) in [6, 6.07) is 0. The number of aliphatic carboxylic acids is 1. The zero-order valence-corrected chi connectivity index (χ0v) is 22.4. The Bertz CT molecular complexity index is 379. The van der Waals surface area contributed by atoms with E-state index >= 15 is 0 Å². The second-order valence-corrected chi connectivity index (χ2v) is 7.42. The largest absolute Gasteiger partial charge is 1.00 e. The zero-order chi connectivity index (χ0) is 18.9. The molecular weight excluding hydrogens is 380 g/mol. The summed E-state index contributed by atoms with van der Waals surface area (Å²) >= 11 is 0. The van der Waals surface area contributed by atoms with Gasteiger partial charge < -0.3 is 20.0 Å². The number of carbonyl (C=O) groups excluding carboxylic acids is 2. The van der Waals surface area contributed by atoms with Crippen LogP contribution < -0.4 is 68.6 Å². The first-order chi connectivity index (χ1) is 10.4. The van der Waals surface area contributed by atoms with Crippen molar-refractivity contribution in [3.05, 3.63) is 0 Å². The number of carboxylic acid groups (broad SMARTS) is 1. The predicted octanol–water partition coefficient (Wildman–Crippen LogP) is -0.612. The topological polar surface area (TPSA) is 78.5 Å². The molecule has 0 saturated carbocycles. The third kappa shape index (κ3) is 9.42. The van der Waals surface area contributed by atoms with E-state index in [1.807, 2.05) is 41.5 Å². The van der Waals surface area contributed by atoms with E-state index in [1.165, 1.54) is 7.11 Å². The number of rotatable bonds is 9. The van der Waals surface area contributed by atoms with Crippen molar-refractivity contribution >= 4 is 11.9 Å². The number of hydrogen-bond acceptors (Lipinski definition) is 5. The third-order valence-corrected chi connectivity index (χ3v) is 4.79. The molecule has 0 radical (unpaired) electrons. The first-order valence-corrected chi connectivity index (χ1v) is 8.39. The number of esters is 1. The maximum atomic E-state index is 11.9. The van der Waals surface area contributed by atoms with E-state index in [4.69, 9.17) is 4.74 Å². The summed E-state index contributed by atoms with van der Waals surface area (Å²) in [6.45, 7) is 16.5. The smallest absolute Gasteiger partial charge is 0.550 e. The van der Waals surface area contributed by atoms with E-state index in [0.29, 0.717) is 13.0 Å². The Morgan fingerprint density at radius 3 is 1.75 bits per heavy atom. The van der Waals surface area contributed by atoms with Gasteiger partial charge in [-0.15, -0.1) is 0 Å². The van der Waals surface area contributed by atoms with Gasteiger partial charge in [-0.2, -0.15) is 0 Å². The van der Waals surface area contributed by atoms with Gasteiger partial charge >= 0.3 is 64.2 Å². The van der Waals surface area contributed by atoms with Crippen molar-refractivity contribution in [3.63, 3.8) is 0 Å². The molecule has 0 aliphatic carbocycles. The molecule has 0 fully saturated rings.